The summed E-state index contributed by atoms with van der Waals surface area (Å²) in [6, 6.07) is 47.8. The highest BCUT2D eigenvalue weighted by Gasteiger charge is 2.27. The molecule has 12 bridgehead atoms. The predicted octanol–water partition coefficient (Wildman–Crippen LogP) is 12.6. The molecule has 0 saturated heterocycles. The number of aliphatic hydroxyl groups excluding tert-OH is 1. The Bertz CT molecular complexity index is 5220. The number of rotatable bonds is 12. The molecule has 0 unspecified atom stereocenters. The van der Waals surface area contributed by atoms with Crippen molar-refractivity contribution in [2.75, 3.05) is 50.2 Å². The van der Waals surface area contributed by atoms with Crippen LogP contribution in [0.15, 0.2) is 140 Å². The van der Waals surface area contributed by atoms with Gasteiger partial charge in [0.1, 0.15) is 34.7 Å². The van der Waals surface area contributed by atoms with Gasteiger partial charge in [-0.1, -0.05) is 122 Å². The topological polar surface area (TPSA) is 321 Å². The van der Waals surface area contributed by atoms with E-state index in [1.807, 2.05) is 36.0 Å². The number of nitrogens with one attached hydrogen (secondary N) is 3. The summed E-state index contributed by atoms with van der Waals surface area (Å²) in [7, 11) is 0. The van der Waals surface area contributed by atoms with Gasteiger partial charge in [-0.15, -0.1) is 0 Å². The van der Waals surface area contributed by atoms with E-state index in [1.54, 1.807) is 6.26 Å². The van der Waals surface area contributed by atoms with E-state index in [4.69, 9.17) is 45.6 Å². The van der Waals surface area contributed by atoms with Crippen molar-refractivity contribution in [3.05, 3.63) is 191 Å². The molecule has 10 N–H and O–H groups in total. The summed E-state index contributed by atoms with van der Waals surface area (Å²) in [5.41, 5.74) is 35.9. The van der Waals surface area contributed by atoms with E-state index in [-0.39, 0.29) is 18.1 Å². The van der Waals surface area contributed by atoms with Crippen LogP contribution in [0.2, 0.25) is 0 Å². The molecule has 6 aliphatic rings. The summed E-state index contributed by atoms with van der Waals surface area (Å²) in [5, 5.41) is 20.3. The van der Waals surface area contributed by atoms with Crippen LogP contribution in [0, 0.1) is 20.8 Å². The van der Waals surface area contributed by atoms with Crippen molar-refractivity contribution in [2.45, 2.75) is 161 Å². The number of aromatic nitrogens is 12. The molecule has 12 aromatic rings. The van der Waals surface area contributed by atoms with Crippen molar-refractivity contribution in [3.8, 4) is 68.7 Å². The minimum absolute atomic E-state index is 0.147. The van der Waals surface area contributed by atoms with Gasteiger partial charge >= 0.3 is 18.0 Å². The van der Waals surface area contributed by atoms with E-state index in [0.29, 0.717) is 141 Å². The molecule has 108 heavy (non-hydrogen) atoms. The van der Waals surface area contributed by atoms with Crippen LogP contribution in [0.5, 0.6) is 35.3 Å². The number of aliphatic hydroxyl groups is 1. The number of aryl methyl sites for hydroxylation is 3. The first-order valence-corrected chi connectivity index (χ1v) is 37.8. The first-order chi connectivity index (χ1) is 52.8. The van der Waals surface area contributed by atoms with E-state index in [0.717, 1.165) is 130 Å². The molecule has 3 aliphatic carbocycles. The van der Waals surface area contributed by atoms with Gasteiger partial charge in [0.15, 0.2) is 50.9 Å². The molecule has 25 nitrogen and oxygen atoms in total. The third kappa shape index (κ3) is 16.2. The van der Waals surface area contributed by atoms with E-state index in [2.05, 4.69) is 193 Å². The molecule has 3 aliphatic heterocycles. The number of hydrogen-bond donors (Lipinski definition) is 7. The number of fused-ring (bicyclic) bond motifs is 9. The average molecular weight is 1450 g/mol. The Morgan fingerprint density at radius 2 is 0.759 bits per heavy atom. The lowest BCUT2D eigenvalue weighted by Gasteiger charge is -2.32. The van der Waals surface area contributed by atoms with Crippen LogP contribution in [0.4, 0.5) is 17.5 Å². The lowest BCUT2D eigenvalue weighted by atomic mass is 9.89. The van der Waals surface area contributed by atoms with Gasteiger partial charge in [0.05, 0.1) is 65.0 Å². The molecule has 0 amide bonds. The minimum Gasteiger partial charge on any atom is -0.493 e. The van der Waals surface area contributed by atoms with Gasteiger partial charge in [0, 0.05) is 67.3 Å². The number of imidazole rings is 3. The Balaban J connectivity index is 0.000000124. The highest BCUT2D eigenvalue weighted by atomic mass is 16.5. The molecule has 3 fully saturated rings. The van der Waals surface area contributed by atoms with Crippen molar-refractivity contribution in [1.29, 1.82) is 0 Å². The minimum atomic E-state index is -0.147. The summed E-state index contributed by atoms with van der Waals surface area (Å²) in [6.07, 6.45) is 16.1. The summed E-state index contributed by atoms with van der Waals surface area (Å²) in [5.74, 6) is 5.97. The zero-order chi connectivity index (χ0) is 73.6. The van der Waals surface area contributed by atoms with Gasteiger partial charge in [-0.3, -0.25) is 0 Å². The molecule has 0 radical (unpaired) electrons. The van der Waals surface area contributed by atoms with Crippen molar-refractivity contribution in [3.63, 3.8) is 0 Å². The smallest absolute Gasteiger partial charge is 0.320 e. The van der Waals surface area contributed by atoms with Gasteiger partial charge in [-0.05, 0) is 146 Å². The fraction of sp³-hybridized carbons (Fsp3) is 0.361. The number of hydrogen-bond acceptors (Lipinski definition) is 22. The lowest BCUT2D eigenvalue weighted by Crippen LogP contribution is -2.43. The molecule has 25 heteroatoms. The van der Waals surface area contributed by atoms with Crippen molar-refractivity contribution < 1.29 is 33.5 Å². The van der Waals surface area contributed by atoms with Crippen LogP contribution in [0.1, 0.15) is 128 Å². The lowest BCUT2D eigenvalue weighted by molar-refractivity contribution is 0.0619. The van der Waals surface area contributed by atoms with Crippen molar-refractivity contribution in [2.24, 2.45) is 0 Å². The second-order valence-corrected chi connectivity index (χ2v) is 28.8. The van der Waals surface area contributed by atoms with Crippen molar-refractivity contribution in [1.82, 2.24) is 74.5 Å². The maximum absolute atomic E-state index is 9.48. The first kappa shape index (κ1) is 71.0. The summed E-state index contributed by atoms with van der Waals surface area (Å²) in [4.78, 5) is 40.4. The monoisotopic (exact) mass is 1450 g/mol. The highest BCUT2D eigenvalue weighted by Crippen LogP contribution is 2.38. The number of nitrogens with two attached hydrogens (primary N) is 3. The van der Waals surface area contributed by atoms with Crippen LogP contribution >= 0.6 is 0 Å². The van der Waals surface area contributed by atoms with Crippen molar-refractivity contribution >= 4 is 50.9 Å². The van der Waals surface area contributed by atoms with Gasteiger partial charge in [0.2, 0.25) is 0 Å². The van der Waals surface area contributed by atoms with E-state index < -0.39 is 0 Å². The number of benzene rings is 6. The van der Waals surface area contributed by atoms with Gasteiger partial charge < -0.3 is 80.4 Å². The second kappa shape index (κ2) is 32.1. The Kier molecular flexibility index (Phi) is 21.1. The fourth-order valence-electron chi connectivity index (χ4n) is 14.2. The SMILES string of the molecule is Cc1nc2c(N)nc3nc2n1Cc1ccc(-c2ccc(CNC4CC(O)C4)cc2)c(c1)O/C=C\CCO3.Cc1nc2c(N)nc3nc2n1Cc1ccc(-c2ccc(CNC4CCC4)cc2)c(c1)OCCCCO3.Cc1nc2c(N)nc3nc2n1Cc1ccc(-c2ccc(CNC4CCC4)cc2)c(c1)OCCCO3. The maximum Gasteiger partial charge on any atom is 0.320 e. The molecular formula is C83H92N18O7. The predicted molar refractivity (Wildman–Crippen MR) is 417 cm³/mol. The third-order valence-corrected chi connectivity index (χ3v) is 21.1. The Hall–Kier alpha value is -11.3. The largest absolute Gasteiger partial charge is 0.493 e. The van der Waals surface area contributed by atoms with E-state index in [9.17, 15) is 5.11 Å². The Morgan fingerprint density at radius 1 is 0.398 bits per heavy atom. The molecule has 0 atom stereocenters. The van der Waals surface area contributed by atoms with Gasteiger partial charge in [-0.2, -0.15) is 29.9 Å². The standard InChI is InChI=1S/C28H30N6O3.C28H32N6O2.C27H30N6O2/c1-17-31-25-26(29)32-28-33-27(25)34(17)16-19-6-9-23(24(12-19)36-10-2-3-11-37-28)20-7-4-18(5-8-20)15-30-21-13-22(35)14-21;1-18-31-25-26(29)32-28-33-27(25)34(18)17-20-9-12-23(24(15-20)35-13-2-3-14-36-28)21-10-7-19(8-11-21)16-30-22-5-4-6-22;1-17-30-24-25(28)31-27-32-26(24)33(17)16-19-8-11-22(23(14-19)34-12-3-13-35-27)20-9-6-18(7-10-20)15-29-21-4-2-5-21/h2,4-10,12,21-22,30,35H,3,11,13-16H2,1H3,(H2,29,32,33);7-12,15,22,30H,2-6,13-14,16-17H2,1H3,(H2,29,32,33);6-11,14,21,29H,2-5,12-13,15-16H2,1H3,(H2,28,31,32)/b10-2-;;. The highest BCUT2D eigenvalue weighted by molar-refractivity contribution is 5.85. The Labute approximate surface area is 626 Å². The number of anilines is 3. The van der Waals surface area contributed by atoms with E-state index >= 15 is 0 Å². The van der Waals surface area contributed by atoms with Crippen LogP contribution in [0.25, 0.3) is 66.9 Å². The van der Waals surface area contributed by atoms with E-state index in [1.165, 1.54) is 55.2 Å². The van der Waals surface area contributed by atoms with Crippen LogP contribution in [0.3, 0.4) is 0 Å². The molecule has 18 rings (SSSR count). The number of ether oxygens (including phenoxy) is 6. The first-order valence-electron chi connectivity index (χ1n) is 37.8. The molecule has 9 heterocycles. The van der Waals surface area contributed by atoms with Gasteiger partial charge in [0.25, 0.3) is 0 Å². The molecule has 6 aromatic carbocycles. The van der Waals surface area contributed by atoms with Crippen LogP contribution in [-0.2, 0) is 39.3 Å². The number of nitrogen functional groups attached to an aromatic ring is 3. The zero-order valence-electron chi connectivity index (χ0n) is 61.3. The molecule has 556 valence electrons. The second-order valence-electron chi connectivity index (χ2n) is 28.8. The zero-order valence-corrected chi connectivity index (χ0v) is 61.3. The Morgan fingerprint density at radius 3 is 1.16 bits per heavy atom. The normalized spacial score (nSPS) is 17.5. The quantitative estimate of drug-likeness (QED) is 0.0597. The molecule has 0 spiro atoms. The molecule has 6 aromatic heterocycles. The maximum atomic E-state index is 9.48. The van der Waals surface area contributed by atoms with Gasteiger partial charge in [-0.25, -0.2) is 15.0 Å². The van der Waals surface area contributed by atoms with Crippen LogP contribution in [-0.4, -0.2) is 121 Å². The third-order valence-electron chi connectivity index (χ3n) is 21.1. The van der Waals surface area contributed by atoms with Crippen LogP contribution < -0.4 is 61.6 Å². The fourth-order valence-corrected chi connectivity index (χ4v) is 14.2. The summed E-state index contributed by atoms with van der Waals surface area (Å²) >= 11 is 0. The average Bonchev–Trinajstić information content (AvgIpc) is 1.62. The summed E-state index contributed by atoms with van der Waals surface area (Å²) < 4.78 is 42.1. The summed E-state index contributed by atoms with van der Waals surface area (Å²) in [6.45, 7) is 12.7. The molecular weight excluding hydrogens is 1360 g/mol. The molecule has 3 saturated carbocycles. The number of nitrogens with zero attached hydrogens (tertiary/aromatic N) is 12.